The molecule has 9 heteroatoms. The molecule has 1 aliphatic carbocycles. The van der Waals surface area contributed by atoms with Crippen molar-refractivity contribution in [2.75, 3.05) is 24.5 Å². The summed E-state index contributed by atoms with van der Waals surface area (Å²) in [5.41, 5.74) is 6.32. The standard InChI is InChI=1S/C31H32N2O7/c1-16(29(34)35)15-32-24-14-25-22(13-21(24)31(38)39)26(18-7-2-3-8-19(18)30(36)37)23-12-17-6-4-10-33-11-5-9-20(27(17)33)28(23)40-25/h2-3,7-8,12-14,16,29,31,34-35,38-39H,4-6,9-11,15H2,1H3,(H,36,37)/p+1. The average Bonchev–Trinajstić information content (AvgIpc) is 2.94. The number of aliphatic hydroxyl groups excluding tert-OH is 2. The number of rotatable bonds is 6. The zero-order valence-electron chi connectivity index (χ0n) is 22.2. The van der Waals surface area contributed by atoms with Crippen LogP contribution in [0.2, 0.25) is 0 Å². The molecule has 9 nitrogen and oxygen atoms in total. The van der Waals surface area contributed by atoms with E-state index >= 15 is 0 Å². The molecule has 2 aromatic rings. The number of nitrogens with zero attached hydrogens (tertiary/aromatic N) is 1. The molecule has 0 bridgehead atoms. The molecule has 1 atom stereocenters. The van der Waals surface area contributed by atoms with E-state index in [0.717, 1.165) is 49.7 Å². The molecule has 40 heavy (non-hydrogen) atoms. The van der Waals surface area contributed by atoms with Crippen molar-refractivity contribution in [2.24, 2.45) is 5.92 Å². The number of hydrogen-bond donors (Lipinski definition) is 6. The first-order valence-electron chi connectivity index (χ1n) is 13.7. The first kappa shape index (κ1) is 26.5. The van der Waals surface area contributed by atoms with Gasteiger partial charge in [0.25, 0.3) is 0 Å². The number of hydrogen-bond acceptors (Lipinski definition) is 7. The molecule has 208 valence electrons. The van der Waals surface area contributed by atoms with Crippen LogP contribution in [-0.2, 0) is 12.8 Å². The first-order valence-corrected chi connectivity index (χ1v) is 13.7. The summed E-state index contributed by atoms with van der Waals surface area (Å²) in [6.45, 7) is 3.81. The average molecular weight is 546 g/mol. The molecular weight excluding hydrogens is 512 g/mol. The first-order chi connectivity index (χ1) is 19.2. The van der Waals surface area contributed by atoms with Crippen molar-refractivity contribution in [3.63, 3.8) is 0 Å². The van der Waals surface area contributed by atoms with Crippen molar-refractivity contribution >= 4 is 22.6 Å². The number of benzene rings is 3. The van der Waals surface area contributed by atoms with E-state index in [1.165, 1.54) is 11.3 Å². The smallest absolute Gasteiger partial charge is 0.336 e. The van der Waals surface area contributed by atoms with Gasteiger partial charge in [-0.25, -0.2) is 9.79 Å². The summed E-state index contributed by atoms with van der Waals surface area (Å²) in [6.07, 6.45) is 0.425. The van der Waals surface area contributed by atoms with Crippen molar-refractivity contribution < 1.29 is 39.7 Å². The molecule has 2 aromatic carbocycles. The number of aliphatic hydroxyl groups is 4. The van der Waals surface area contributed by atoms with Crippen LogP contribution in [-0.4, -0.2) is 57.4 Å². The van der Waals surface area contributed by atoms with Gasteiger partial charge in [-0.05, 0) is 55.0 Å². The highest BCUT2D eigenvalue weighted by atomic mass is 16.5. The molecule has 3 aliphatic heterocycles. The maximum absolute atomic E-state index is 12.3. The van der Waals surface area contributed by atoms with Crippen molar-refractivity contribution in [3.05, 3.63) is 70.1 Å². The Morgan fingerprint density at radius 3 is 2.50 bits per heavy atom. The van der Waals surface area contributed by atoms with Crippen LogP contribution in [0.4, 0.5) is 5.69 Å². The van der Waals surface area contributed by atoms with E-state index in [1.54, 1.807) is 43.3 Å². The minimum Gasteiger partial charge on any atom is -0.478 e. The summed E-state index contributed by atoms with van der Waals surface area (Å²) in [5.74, 6) is -1.12. The highest BCUT2D eigenvalue weighted by Crippen LogP contribution is 2.47. The lowest BCUT2D eigenvalue weighted by molar-refractivity contribution is -0.513. The number of nitrogens with one attached hydrogen (secondary N) is 1. The summed E-state index contributed by atoms with van der Waals surface area (Å²) in [6, 6.07) is 12.3. The summed E-state index contributed by atoms with van der Waals surface area (Å²) < 4.78 is 6.63. The number of anilines is 1. The Bertz CT molecular complexity index is 1650. The number of carbonyl (C=O) groups is 1. The van der Waals surface area contributed by atoms with E-state index < -0.39 is 24.5 Å². The fourth-order valence-corrected chi connectivity index (χ4v) is 6.19. The monoisotopic (exact) mass is 545 g/mol. The predicted molar refractivity (Wildman–Crippen MR) is 148 cm³/mol. The van der Waals surface area contributed by atoms with Crippen LogP contribution in [0.15, 0.2) is 46.9 Å². The molecule has 1 unspecified atom stereocenters. The Morgan fingerprint density at radius 1 is 1.02 bits per heavy atom. The third kappa shape index (κ3) is 4.45. The van der Waals surface area contributed by atoms with Gasteiger partial charge in [0, 0.05) is 40.9 Å². The molecule has 0 spiro atoms. The Labute approximate surface area is 230 Å². The van der Waals surface area contributed by atoms with Crippen LogP contribution < -0.4 is 15.2 Å². The molecule has 6 rings (SSSR count). The van der Waals surface area contributed by atoms with Gasteiger partial charge in [0.05, 0.1) is 23.1 Å². The van der Waals surface area contributed by atoms with Gasteiger partial charge in [-0.15, -0.1) is 0 Å². The molecular formula is C31H33N2O7+. The minimum atomic E-state index is -1.84. The SMILES string of the molecule is CC(C[NH+]=c1cc2oc3c4c5c(cc3c(-c3ccccc3C(=O)O)c-2cc1C(O)O)CCCN5CCC4)C(O)O. The number of aromatic carboxylic acids is 1. The van der Waals surface area contributed by atoms with Crippen LogP contribution in [0.3, 0.4) is 0 Å². The van der Waals surface area contributed by atoms with Gasteiger partial charge in [0.2, 0.25) is 5.36 Å². The summed E-state index contributed by atoms with van der Waals surface area (Å²) in [5, 5.41) is 51.0. The zero-order chi connectivity index (χ0) is 28.1. The highest BCUT2D eigenvalue weighted by molar-refractivity contribution is 6.09. The van der Waals surface area contributed by atoms with Crippen LogP contribution in [0, 0.1) is 5.92 Å². The molecule has 0 saturated carbocycles. The van der Waals surface area contributed by atoms with Crippen molar-refractivity contribution in [3.8, 4) is 22.5 Å². The third-order valence-electron chi connectivity index (χ3n) is 8.20. The molecule has 0 aromatic heterocycles. The quantitative estimate of drug-likeness (QED) is 0.158. The normalized spacial score (nSPS) is 16.3. The topological polar surface area (TPSA) is 149 Å². The van der Waals surface area contributed by atoms with Crippen LogP contribution in [0.5, 0.6) is 0 Å². The lowest BCUT2D eigenvalue weighted by Crippen LogP contribution is -2.79. The van der Waals surface area contributed by atoms with Crippen molar-refractivity contribution in [1.82, 2.24) is 0 Å². The zero-order valence-corrected chi connectivity index (χ0v) is 22.2. The number of aryl methyl sites for hydroxylation is 2. The fraction of sp³-hybridized carbons (Fsp3) is 0.355. The molecule has 0 fully saturated rings. The number of carboxylic acids is 1. The minimum absolute atomic E-state index is 0.142. The summed E-state index contributed by atoms with van der Waals surface area (Å²) >= 11 is 0. The Morgan fingerprint density at radius 2 is 1.77 bits per heavy atom. The van der Waals surface area contributed by atoms with Gasteiger partial charge in [-0.3, -0.25) is 0 Å². The van der Waals surface area contributed by atoms with E-state index in [1.807, 2.05) is 0 Å². The van der Waals surface area contributed by atoms with Gasteiger partial charge < -0.3 is 34.8 Å². The predicted octanol–water partition coefficient (Wildman–Crippen LogP) is 1.51. The second kappa shape index (κ2) is 10.3. The van der Waals surface area contributed by atoms with E-state index in [-0.39, 0.29) is 17.7 Å². The van der Waals surface area contributed by atoms with Gasteiger partial charge in [0.15, 0.2) is 12.6 Å². The second-order valence-electron chi connectivity index (χ2n) is 10.8. The van der Waals surface area contributed by atoms with Crippen molar-refractivity contribution in [2.45, 2.75) is 45.2 Å². The molecule has 0 saturated heterocycles. The highest BCUT2D eigenvalue weighted by Gasteiger charge is 2.31. The second-order valence-corrected chi connectivity index (χ2v) is 10.8. The Balaban J connectivity index is 1.74. The summed E-state index contributed by atoms with van der Waals surface area (Å²) in [4.78, 5) is 17.9. The molecule has 6 N–H and O–H groups in total. The third-order valence-corrected chi connectivity index (χ3v) is 8.20. The maximum Gasteiger partial charge on any atom is 0.336 e. The molecule has 4 aliphatic rings. The van der Waals surface area contributed by atoms with Gasteiger partial charge in [-0.1, -0.05) is 25.1 Å². The fourth-order valence-electron chi connectivity index (χ4n) is 6.19. The van der Waals surface area contributed by atoms with Crippen molar-refractivity contribution in [1.29, 1.82) is 0 Å². The van der Waals surface area contributed by atoms with E-state index in [0.29, 0.717) is 33.4 Å². The molecule has 0 amide bonds. The maximum atomic E-state index is 12.3. The molecule has 3 heterocycles. The molecule has 0 radical (unpaired) electrons. The lowest BCUT2D eigenvalue weighted by atomic mass is 9.85. The number of carboxylic acid groups (broad SMARTS) is 1. The van der Waals surface area contributed by atoms with Gasteiger partial charge in [0.1, 0.15) is 17.9 Å². The van der Waals surface area contributed by atoms with E-state index in [2.05, 4.69) is 16.0 Å². The Hall–Kier alpha value is -3.76. The van der Waals surface area contributed by atoms with Crippen LogP contribution >= 0.6 is 0 Å². The van der Waals surface area contributed by atoms with Crippen LogP contribution in [0.25, 0.3) is 33.4 Å². The van der Waals surface area contributed by atoms with Gasteiger partial charge >= 0.3 is 5.97 Å². The Kier molecular flexibility index (Phi) is 6.83. The number of fused-ring (bicyclic) bond motifs is 3. The van der Waals surface area contributed by atoms with E-state index in [4.69, 9.17) is 4.42 Å². The van der Waals surface area contributed by atoms with E-state index in [9.17, 15) is 30.3 Å². The van der Waals surface area contributed by atoms with Crippen LogP contribution in [0.1, 0.15) is 53.1 Å². The van der Waals surface area contributed by atoms with Gasteiger partial charge in [-0.2, -0.15) is 0 Å². The summed E-state index contributed by atoms with van der Waals surface area (Å²) in [7, 11) is 0. The lowest BCUT2D eigenvalue weighted by Gasteiger charge is -2.37. The largest absolute Gasteiger partial charge is 0.478 e.